The van der Waals surface area contributed by atoms with Gasteiger partial charge < -0.3 is 5.11 Å². The number of aromatic hydroxyl groups is 1. The monoisotopic (exact) mass is 481 g/mol. The molecule has 0 unspecified atom stereocenters. The van der Waals surface area contributed by atoms with E-state index < -0.39 is 61.6 Å². The summed E-state index contributed by atoms with van der Waals surface area (Å²) < 4.78 is 101. The van der Waals surface area contributed by atoms with E-state index in [4.69, 9.17) is 0 Å². The van der Waals surface area contributed by atoms with E-state index in [0.717, 1.165) is 12.1 Å². The summed E-state index contributed by atoms with van der Waals surface area (Å²) in [5.41, 5.74) is 0. The van der Waals surface area contributed by atoms with Crippen molar-refractivity contribution in [2.45, 2.75) is 14.7 Å². The minimum atomic E-state index is -5.63. The van der Waals surface area contributed by atoms with Crippen molar-refractivity contribution in [3.8, 4) is 5.75 Å². The average Bonchev–Trinajstić information content (AvgIpc) is 2.56. The van der Waals surface area contributed by atoms with Crippen LogP contribution in [0.3, 0.4) is 0 Å². The Morgan fingerprint density at radius 3 is 1.67 bits per heavy atom. The summed E-state index contributed by atoms with van der Waals surface area (Å²) in [6.07, 6.45) is 0. The predicted octanol–water partition coefficient (Wildman–Crippen LogP) is 1.65. The number of rotatable bonds is 3. The summed E-state index contributed by atoms with van der Waals surface area (Å²) in [4.78, 5) is -4.75. The molecule has 0 spiro atoms. The fraction of sp³-hybridized carbons (Fsp3) is 0. The molecule has 4 rings (SSSR count). The molecule has 0 heterocycles. The second-order valence-corrected chi connectivity index (χ2v) is 10.3. The summed E-state index contributed by atoms with van der Waals surface area (Å²) in [7, 11) is -16.6. The van der Waals surface area contributed by atoms with Crippen LogP contribution in [0, 0.1) is 0 Å². The molecule has 14 heteroatoms. The molecule has 153 valence electrons. The molecule has 0 atom stereocenters. The summed E-state index contributed by atoms with van der Waals surface area (Å²) in [6, 6.07) is 8.30. The van der Waals surface area contributed by atoms with E-state index in [0.29, 0.717) is 10.8 Å². The fourth-order valence-electron chi connectivity index (χ4n) is 3.63. The molecule has 4 aromatic carbocycles. The maximum Gasteiger partial charge on any atom is 0.297 e. The Labute approximate surface area is 192 Å². The fourth-order valence-corrected chi connectivity index (χ4v) is 7.22. The Morgan fingerprint density at radius 2 is 1.13 bits per heavy atom. The summed E-state index contributed by atoms with van der Waals surface area (Å²) >= 11 is 0. The molecule has 0 saturated carbocycles. The third kappa shape index (κ3) is 3.36. The SMILES string of the molecule is O=S(=O)(O)c1c(S(=O)(=O)O)c2ccc3cccc4cc(O)c(c1S(=O)(=O)O)c2c34.[Na]. The van der Waals surface area contributed by atoms with Crippen LogP contribution in [-0.2, 0) is 30.4 Å². The van der Waals surface area contributed by atoms with Gasteiger partial charge in [0.25, 0.3) is 30.4 Å². The van der Waals surface area contributed by atoms with Crippen LogP contribution in [0.2, 0.25) is 0 Å². The van der Waals surface area contributed by atoms with Crippen LogP contribution < -0.4 is 0 Å². The molecule has 4 aromatic rings. The van der Waals surface area contributed by atoms with Gasteiger partial charge in [-0.25, -0.2) is 0 Å². The van der Waals surface area contributed by atoms with Gasteiger partial charge >= 0.3 is 0 Å². The summed E-state index contributed by atoms with van der Waals surface area (Å²) in [6.45, 7) is 0. The van der Waals surface area contributed by atoms with Crippen molar-refractivity contribution in [2.75, 3.05) is 0 Å². The minimum absolute atomic E-state index is 0. The van der Waals surface area contributed by atoms with Crippen LogP contribution >= 0.6 is 0 Å². The van der Waals surface area contributed by atoms with Gasteiger partial charge in [-0.15, -0.1) is 0 Å². The third-order valence-corrected chi connectivity index (χ3v) is 7.58. The van der Waals surface area contributed by atoms with Gasteiger partial charge in [0.05, 0.1) is 0 Å². The van der Waals surface area contributed by atoms with Crippen LogP contribution in [0.1, 0.15) is 0 Å². The first kappa shape index (κ1) is 23.1. The molecule has 30 heavy (non-hydrogen) atoms. The van der Waals surface area contributed by atoms with E-state index in [1.165, 1.54) is 12.1 Å². The average molecular weight is 481 g/mol. The Morgan fingerprint density at radius 1 is 0.600 bits per heavy atom. The largest absolute Gasteiger partial charge is 0.507 e. The van der Waals surface area contributed by atoms with E-state index in [-0.39, 0.29) is 40.3 Å². The van der Waals surface area contributed by atoms with Crippen molar-refractivity contribution >= 4 is 92.2 Å². The van der Waals surface area contributed by atoms with Gasteiger partial charge in [0.15, 0.2) is 0 Å². The zero-order valence-electron chi connectivity index (χ0n) is 14.9. The van der Waals surface area contributed by atoms with Crippen LogP contribution in [0.15, 0.2) is 51.1 Å². The standard InChI is InChI=1S/C16H10O10S3.Na/c17-10-6-8-3-1-2-7-4-5-9-12(11(7)8)13(10)15(28(21,22)23)16(29(24,25)26)14(9)27(18,19)20;/h1-6,17H,(H,18,19,20)(H,21,22,23)(H,24,25,26);. The summed E-state index contributed by atoms with van der Waals surface area (Å²) in [5, 5.41) is 10.1. The quantitative estimate of drug-likeness (QED) is 0.191. The molecule has 0 saturated heterocycles. The first-order valence-electron chi connectivity index (χ1n) is 7.62. The molecule has 0 aromatic heterocycles. The van der Waals surface area contributed by atoms with Gasteiger partial charge in [0, 0.05) is 45.7 Å². The molecular weight excluding hydrogens is 471 g/mol. The molecule has 0 aliphatic carbocycles. The molecule has 0 aliphatic rings. The van der Waals surface area contributed by atoms with E-state index in [1.54, 1.807) is 12.1 Å². The Kier molecular flexibility index (Phi) is 5.38. The van der Waals surface area contributed by atoms with E-state index in [2.05, 4.69) is 0 Å². The first-order valence-corrected chi connectivity index (χ1v) is 11.9. The van der Waals surface area contributed by atoms with Crippen LogP contribution in [0.25, 0.3) is 32.3 Å². The number of phenolic OH excluding ortho intramolecular Hbond substituents is 1. The maximum absolute atomic E-state index is 12.1. The van der Waals surface area contributed by atoms with Crippen molar-refractivity contribution in [3.63, 3.8) is 0 Å². The van der Waals surface area contributed by atoms with Crippen LogP contribution in [-0.4, -0.2) is 73.6 Å². The molecule has 0 bridgehead atoms. The van der Waals surface area contributed by atoms with Crippen molar-refractivity contribution < 1.29 is 44.0 Å². The van der Waals surface area contributed by atoms with Crippen molar-refractivity contribution in [2.24, 2.45) is 0 Å². The van der Waals surface area contributed by atoms with Crippen molar-refractivity contribution in [1.82, 2.24) is 0 Å². The van der Waals surface area contributed by atoms with Gasteiger partial charge in [0.2, 0.25) is 0 Å². The first-order chi connectivity index (χ1) is 13.2. The normalized spacial score (nSPS) is 13.2. The number of phenols is 1. The molecule has 0 aliphatic heterocycles. The Balaban J connectivity index is 0.00000256. The zero-order valence-corrected chi connectivity index (χ0v) is 19.4. The van der Waals surface area contributed by atoms with Crippen LogP contribution in [0.4, 0.5) is 0 Å². The van der Waals surface area contributed by atoms with Gasteiger partial charge in [0.1, 0.15) is 20.4 Å². The maximum atomic E-state index is 12.1. The van der Waals surface area contributed by atoms with Crippen molar-refractivity contribution in [1.29, 1.82) is 0 Å². The third-order valence-electron chi connectivity index (χ3n) is 4.53. The van der Waals surface area contributed by atoms with Crippen molar-refractivity contribution in [3.05, 3.63) is 36.4 Å². The Bertz CT molecular complexity index is 1670. The second-order valence-electron chi connectivity index (χ2n) is 6.25. The predicted molar refractivity (Wildman–Crippen MR) is 107 cm³/mol. The minimum Gasteiger partial charge on any atom is -0.507 e. The molecule has 1 radical (unpaired) electrons. The topological polar surface area (TPSA) is 183 Å². The molecular formula is C16H10NaO10S3. The van der Waals surface area contributed by atoms with E-state index in [9.17, 15) is 44.0 Å². The number of benzene rings is 4. The Hall–Kier alpha value is -1.55. The zero-order chi connectivity index (χ0) is 21.5. The molecule has 0 amide bonds. The molecule has 4 N–H and O–H groups in total. The number of hydrogen-bond acceptors (Lipinski definition) is 7. The molecule has 0 fully saturated rings. The summed E-state index contributed by atoms with van der Waals surface area (Å²) in [5.74, 6) is -0.791. The van der Waals surface area contributed by atoms with E-state index >= 15 is 0 Å². The molecule has 10 nitrogen and oxygen atoms in total. The van der Waals surface area contributed by atoms with Gasteiger partial charge in [-0.1, -0.05) is 30.3 Å². The van der Waals surface area contributed by atoms with Crippen LogP contribution in [0.5, 0.6) is 5.75 Å². The van der Waals surface area contributed by atoms with Gasteiger partial charge in [-0.2, -0.15) is 25.3 Å². The second kappa shape index (κ2) is 6.98. The van der Waals surface area contributed by atoms with Gasteiger partial charge in [-0.3, -0.25) is 13.7 Å². The number of hydrogen-bond donors (Lipinski definition) is 4. The smallest absolute Gasteiger partial charge is 0.297 e. The van der Waals surface area contributed by atoms with E-state index in [1.807, 2.05) is 0 Å². The van der Waals surface area contributed by atoms with Gasteiger partial charge in [-0.05, 0) is 22.2 Å².